The Morgan fingerprint density at radius 3 is 2.15 bits per heavy atom. The van der Waals surface area contributed by atoms with Crippen LogP contribution in [0.25, 0.3) is 6.08 Å². The SMILES string of the molecule is CCN(CC)C(=O)CN1CCN(C(=O)/C=C/c2ccc(C(C)C)cc2)CC1. The Morgan fingerprint density at radius 1 is 1.04 bits per heavy atom. The molecule has 1 aromatic carbocycles. The minimum atomic E-state index is 0.0395. The molecular weight excluding hydrogens is 338 g/mol. The van der Waals surface area contributed by atoms with Crippen molar-refractivity contribution in [2.75, 3.05) is 45.8 Å². The molecule has 0 bridgehead atoms. The number of hydrogen-bond donors (Lipinski definition) is 0. The van der Waals surface area contributed by atoms with Gasteiger partial charge in [0.15, 0.2) is 0 Å². The molecule has 0 radical (unpaired) electrons. The summed E-state index contributed by atoms with van der Waals surface area (Å²) in [6, 6.07) is 8.33. The highest BCUT2D eigenvalue weighted by atomic mass is 16.2. The van der Waals surface area contributed by atoms with Crippen molar-refractivity contribution in [3.63, 3.8) is 0 Å². The maximum Gasteiger partial charge on any atom is 0.246 e. The quantitative estimate of drug-likeness (QED) is 0.692. The summed E-state index contributed by atoms with van der Waals surface area (Å²) in [5.41, 5.74) is 2.34. The predicted octanol–water partition coefficient (Wildman–Crippen LogP) is 2.84. The Balaban J connectivity index is 1.81. The highest BCUT2D eigenvalue weighted by molar-refractivity contribution is 5.91. The largest absolute Gasteiger partial charge is 0.342 e. The Hall–Kier alpha value is -2.14. The third kappa shape index (κ3) is 6.21. The van der Waals surface area contributed by atoms with E-state index in [9.17, 15) is 9.59 Å². The first kappa shape index (κ1) is 21.2. The molecule has 5 heteroatoms. The molecule has 0 aromatic heterocycles. The second kappa shape index (κ2) is 10.3. The van der Waals surface area contributed by atoms with Crippen molar-refractivity contribution in [3.8, 4) is 0 Å². The zero-order valence-corrected chi connectivity index (χ0v) is 17.1. The van der Waals surface area contributed by atoms with Gasteiger partial charge in [-0.05, 0) is 37.0 Å². The van der Waals surface area contributed by atoms with Crippen molar-refractivity contribution in [2.24, 2.45) is 0 Å². The lowest BCUT2D eigenvalue weighted by atomic mass is 10.0. The zero-order valence-electron chi connectivity index (χ0n) is 17.1. The molecule has 1 saturated heterocycles. The lowest BCUT2D eigenvalue weighted by Gasteiger charge is -2.34. The van der Waals surface area contributed by atoms with Crippen molar-refractivity contribution in [3.05, 3.63) is 41.5 Å². The van der Waals surface area contributed by atoms with Crippen LogP contribution < -0.4 is 0 Å². The predicted molar refractivity (Wildman–Crippen MR) is 111 cm³/mol. The maximum atomic E-state index is 12.4. The lowest BCUT2D eigenvalue weighted by molar-refractivity contribution is -0.133. The van der Waals surface area contributed by atoms with Crippen LogP contribution in [0.2, 0.25) is 0 Å². The highest BCUT2D eigenvalue weighted by Gasteiger charge is 2.22. The number of benzene rings is 1. The minimum Gasteiger partial charge on any atom is -0.342 e. The van der Waals surface area contributed by atoms with Crippen LogP contribution in [0.15, 0.2) is 30.3 Å². The molecule has 0 spiro atoms. The number of hydrogen-bond acceptors (Lipinski definition) is 3. The van der Waals surface area contributed by atoms with Gasteiger partial charge in [0.1, 0.15) is 0 Å². The van der Waals surface area contributed by atoms with Gasteiger partial charge in [-0.2, -0.15) is 0 Å². The van der Waals surface area contributed by atoms with Crippen LogP contribution in [0.4, 0.5) is 0 Å². The van der Waals surface area contributed by atoms with E-state index in [-0.39, 0.29) is 11.8 Å². The smallest absolute Gasteiger partial charge is 0.246 e. The molecule has 0 N–H and O–H groups in total. The van der Waals surface area contributed by atoms with E-state index >= 15 is 0 Å². The minimum absolute atomic E-state index is 0.0395. The van der Waals surface area contributed by atoms with E-state index in [1.807, 2.05) is 29.7 Å². The van der Waals surface area contributed by atoms with Crippen LogP contribution >= 0.6 is 0 Å². The Morgan fingerprint density at radius 2 is 1.63 bits per heavy atom. The van der Waals surface area contributed by atoms with Crippen molar-refractivity contribution in [1.29, 1.82) is 0 Å². The number of nitrogens with zero attached hydrogens (tertiary/aromatic N) is 3. The highest BCUT2D eigenvalue weighted by Crippen LogP contribution is 2.15. The second-order valence-corrected chi connectivity index (χ2v) is 7.32. The van der Waals surface area contributed by atoms with Gasteiger partial charge in [-0.25, -0.2) is 0 Å². The van der Waals surface area contributed by atoms with E-state index in [0.717, 1.165) is 31.7 Å². The van der Waals surface area contributed by atoms with Gasteiger partial charge in [-0.1, -0.05) is 38.1 Å². The molecule has 1 fully saturated rings. The topological polar surface area (TPSA) is 43.9 Å². The van der Waals surface area contributed by atoms with Gasteiger partial charge < -0.3 is 9.80 Å². The molecule has 0 unspecified atom stereocenters. The van der Waals surface area contributed by atoms with Crippen LogP contribution in [-0.2, 0) is 9.59 Å². The molecule has 0 atom stereocenters. The third-order valence-electron chi connectivity index (χ3n) is 5.18. The van der Waals surface area contributed by atoms with Crippen molar-refractivity contribution >= 4 is 17.9 Å². The first-order valence-corrected chi connectivity index (χ1v) is 10.0. The van der Waals surface area contributed by atoms with Crippen LogP contribution in [0.1, 0.15) is 44.7 Å². The molecule has 5 nitrogen and oxygen atoms in total. The fraction of sp³-hybridized carbons (Fsp3) is 0.545. The Kier molecular flexibility index (Phi) is 8.04. The van der Waals surface area contributed by atoms with Gasteiger partial charge in [0.25, 0.3) is 0 Å². The molecule has 148 valence electrons. The Bertz CT molecular complexity index is 640. The van der Waals surface area contributed by atoms with Crippen LogP contribution in [0, 0.1) is 0 Å². The number of likely N-dealkylation sites (N-methyl/N-ethyl adjacent to an activating group) is 1. The van der Waals surface area contributed by atoms with Gasteiger partial charge in [-0.3, -0.25) is 14.5 Å². The lowest BCUT2D eigenvalue weighted by Crippen LogP contribution is -2.51. The van der Waals surface area contributed by atoms with Crippen molar-refractivity contribution < 1.29 is 9.59 Å². The summed E-state index contributed by atoms with van der Waals surface area (Å²) >= 11 is 0. The van der Waals surface area contributed by atoms with E-state index in [2.05, 4.69) is 43.0 Å². The third-order valence-corrected chi connectivity index (χ3v) is 5.18. The summed E-state index contributed by atoms with van der Waals surface area (Å²) in [4.78, 5) is 30.5. The number of rotatable bonds is 7. The van der Waals surface area contributed by atoms with E-state index < -0.39 is 0 Å². The summed E-state index contributed by atoms with van der Waals surface area (Å²) in [7, 11) is 0. The van der Waals surface area contributed by atoms with E-state index in [0.29, 0.717) is 25.6 Å². The van der Waals surface area contributed by atoms with Gasteiger partial charge in [0, 0.05) is 45.3 Å². The molecule has 1 aliphatic rings. The fourth-order valence-electron chi connectivity index (χ4n) is 3.26. The van der Waals surface area contributed by atoms with Crippen LogP contribution in [-0.4, -0.2) is 72.3 Å². The molecule has 1 aromatic rings. The molecular formula is C22H33N3O2. The number of amides is 2. The number of carbonyl (C=O) groups excluding carboxylic acids is 2. The maximum absolute atomic E-state index is 12.4. The standard InChI is InChI=1S/C22H33N3O2/c1-5-24(6-2)22(27)17-23-13-15-25(16-14-23)21(26)12-9-19-7-10-20(11-8-19)18(3)4/h7-12,18H,5-6,13-17H2,1-4H3/b12-9+. The summed E-state index contributed by atoms with van der Waals surface area (Å²) in [6.07, 6.45) is 3.53. The average Bonchev–Trinajstić information content (AvgIpc) is 2.68. The van der Waals surface area contributed by atoms with E-state index in [1.54, 1.807) is 6.08 Å². The summed E-state index contributed by atoms with van der Waals surface area (Å²) in [5, 5.41) is 0. The van der Waals surface area contributed by atoms with Gasteiger partial charge in [0.2, 0.25) is 11.8 Å². The van der Waals surface area contributed by atoms with Crippen LogP contribution in [0.3, 0.4) is 0 Å². The molecule has 2 rings (SSSR count). The monoisotopic (exact) mass is 371 g/mol. The van der Waals surface area contributed by atoms with E-state index in [1.165, 1.54) is 5.56 Å². The molecule has 0 aliphatic carbocycles. The average molecular weight is 372 g/mol. The first-order valence-electron chi connectivity index (χ1n) is 10.0. The van der Waals surface area contributed by atoms with Gasteiger partial charge in [0.05, 0.1) is 6.54 Å². The van der Waals surface area contributed by atoms with Gasteiger partial charge >= 0.3 is 0 Å². The fourth-order valence-corrected chi connectivity index (χ4v) is 3.26. The van der Waals surface area contributed by atoms with Crippen LogP contribution in [0.5, 0.6) is 0 Å². The first-order chi connectivity index (χ1) is 12.9. The molecule has 0 saturated carbocycles. The van der Waals surface area contributed by atoms with Crippen molar-refractivity contribution in [2.45, 2.75) is 33.6 Å². The molecule has 27 heavy (non-hydrogen) atoms. The number of piperazine rings is 1. The number of carbonyl (C=O) groups is 2. The molecule has 1 aliphatic heterocycles. The van der Waals surface area contributed by atoms with Crippen molar-refractivity contribution in [1.82, 2.24) is 14.7 Å². The molecule has 1 heterocycles. The zero-order chi connectivity index (χ0) is 19.8. The summed E-state index contributed by atoms with van der Waals surface area (Å²) < 4.78 is 0. The van der Waals surface area contributed by atoms with Gasteiger partial charge in [-0.15, -0.1) is 0 Å². The second-order valence-electron chi connectivity index (χ2n) is 7.32. The Labute approximate surface area is 163 Å². The normalized spacial score (nSPS) is 15.5. The summed E-state index contributed by atoms with van der Waals surface area (Å²) in [5.74, 6) is 0.719. The summed E-state index contributed by atoms with van der Waals surface area (Å²) in [6.45, 7) is 13.1. The molecule has 2 amide bonds. The van der Waals surface area contributed by atoms with E-state index in [4.69, 9.17) is 0 Å².